The van der Waals surface area contributed by atoms with E-state index < -0.39 is 17.7 Å². The Morgan fingerprint density at radius 3 is 2.23 bits per heavy atom. The maximum atomic E-state index is 14.1. The summed E-state index contributed by atoms with van der Waals surface area (Å²) in [5.74, 6) is -1.03. The predicted molar refractivity (Wildman–Crippen MR) is 119 cm³/mol. The Hall–Kier alpha value is -3.21. The predicted octanol–water partition coefficient (Wildman–Crippen LogP) is 6.29. The zero-order valence-electron chi connectivity index (χ0n) is 17.7. The zero-order valence-corrected chi connectivity index (χ0v) is 17.7. The van der Waals surface area contributed by atoms with Gasteiger partial charge in [0.25, 0.3) is 0 Å². The van der Waals surface area contributed by atoms with E-state index in [0.29, 0.717) is 12.5 Å². The SMILES string of the molecule is CC(C)c1ccc(CN(C(=O)Nc2ccc(F)cc2F)C2Cc3ccccc3C2)cc1. The van der Waals surface area contributed by atoms with Crippen LogP contribution in [-0.4, -0.2) is 17.0 Å². The summed E-state index contributed by atoms with van der Waals surface area (Å²) in [6.07, 6.45) is 1.50. The van der Waals surface area contributed by atoms with Crippen LogP contribution < -0.4 is 5.32 Å². The maximum Gasteiger partial charge on any atom is 0.322 e. The summed E-state index contributed by atoms with van der Waals surface area (Å²) < 4.78 is 27.4. The van der Waals surface area contributed by atoms with Gasteiger partial charge >= 0.3 is 6.03 Å². The number of amides is 2. The molecule has 1 aliphatic carbocycles. The van der Waals surface area contributed by atoms with Gasteiger partial charge < -0.3 is 10.2 Å². The van der Waals surface area contributed by atoms with Crippen molar-refractivity contribution in [2.24, 2.45) is 0 Å². The molecule has 0 bridgehead atoms. The maximum absolute atomic E-state index is 14.1. The van der Waals surface area contributed by atoms with Crippen molar-refractivity contribution in [2.45, 2.75) is 45.2 Å². The lowest BCUT2D eigenvalue weighted by Gasteiger charge is -2.29. The van der Waals surface area contributed by atoms with Gasteiger partial charge in [0.2, 0.25) is 0 Å². The van der Waals surface area contributed by atoms with Crippen LogP contribution in [0.5, 0.6) is 0 Å². The fourth-order valence-electron chi connectivity index (χ4n) is 4.11. The van der Waals surface area contributed by atoms with Gasteiger partial charge in [0.15, 0.2) is 0 Å². The number of carbonyl (C=O) groups excluding carboxylic acids is 1. The Bertz CT molecular complexity index is 1050. The normalized spacial score (nSPS) is 13.3. The van der Waals surface area contributed by atoms with Crippen molar-refractivity contribution in [1.29, 1.82) is 0 Å². The molecule has 0 saturated heterocycles. The Morgan fingerprint density at radius 1 is 1.00 bits per heavy atom. The topological polar surface area (TPSA) is 32.3 Å². The molecule has 1 aliphatic rings. The Balaban J connectivity index is 1.58. The van der Waals surface area contributed by atoms with Gasteiger partial charge in [-0.15, -0.1) is 0 Å². The van der Waals surface area contributed by atoms with E-state index in [1.54, 1.807) is 4.90 Å². The number of rotatable bonds is 5. The number of hydrogen-bond acceptors (Lipinski definition) is 1. The highest BCUT2D eigenvalue weighted by Gasteiger charge is 2.30. The van der Waals surface area contributed by atoms with E-state index in [1.165, 1.54) is 22.8 Å². The third-order valence-corrected chi connectivity index (χ3v) is 5.90. The van der Waals surface area contributed by atoms with Gasteiger partial charge in [0.05, 0.1) is 5.69 Å². The largest absolute Gasteiger partial charge is 0.322 e. The first-order valence-electron chi connectivity index (χ1n) is 10.6. The van der Waals surface area contributed by atoms with E-state index in [1.807, 2.05) is 24.3 Å². The molecule has 4 rings (SSSR count). The Kier molecular flexibility index (Phi) is 6.03. The van der Waals surface area contributed by atoms with E-state index in [-0.39, 0.29) is 11.7 Å². The van der Waals surface area contributed by atoms with Crippen molar-refractivity contribution in [2.75, 3.05) is 5.32 Å². The Morgan fingerprint density at radius 2 is 1.65 bits per heavy atom. The summed E-state index contributed by atoms with van der Waals surface area (Å²) in [6.45, 7) is 4.69. The van der Waals surface area contributed by atoms with Gasteiger partial charge in [-0.05, 0) is 53.1 Å². The van der Waals surface area contributed by atoms with Crippen molar-refractivity contribution in [3.8, 4) is 0 Å². The minimum atomic E-state index is -0.788. The highest BCUT2D eigenvalue weighted by Crippen LogP contribution is 2.28. The van der Waals surface area contributed by atoms with Crippen molar-refractivity contribution < 1.29 is 13.6 Å². The van der Waals surface area contributed by atoms with E-state index >= 15 is 0 Å². The standard InChI is InChI=1S/C26H26F2N2O/c1-17(2)19-9-7-18(8-10-19)16-30(23-13-20-5-3-4-6-21(20)14-23)26(31)29-25-12-11-22(27)15-24(25)28/h3-12,15,17,23H,13-14,16H2,1-2H3,(H,29,31). The molecule has 0 saturated carbocycles. The van der Waals surface area contributed by atoms with Crippen molar-refractivity contribution in [3.63, 3.8) is 0 Å². The summed E-state index contributed by atoms with van der Waals surface area (Å²) in [4.78, 5) is 15.0. The van der Waals surface area contributed by atoms with Crippen LogP contribution in [0.15, 0.2) is 66.7 Å². The molecule has 0 spiro atoms. The van der Waals surface area contributed by atoms with Crippen LogP contribution in [-0.2, 0) is 19.4 Å². The average Bonchev–Trinajstić information content (AvgIpc) is 3.18. The first-order valence-corrected chi connectivity index (χ1v) is 10.6. The molecule has 0 aromatic heterocycles. The molecule has 3 aromatic rings. The highest BCUT2D eigenvalue weighted by molar-refractivity contribution is 5.89. The van der Waals surface area contributed by atoms with E-state index in [9.17, 15) is 13.6 Å². The molecular formula is C26H26F2N2O. The smallest absolute Gasteiger partial charge is 0.317 e. The number of nitrogens with zero attached hydrogens (tertiary/aromatic N) is 1. The van der Waals surface area contributed by atoms with Crippen molar-refractivity contribution >= 4 is 11.7 Å². The monoisotopic (exact) mass is 420 g/mol. The number of urea groups is 1. The third-order valence-electron chi connectivity index (χ3n) is 5.90. The van der Waals surface area contributed by atoms with Gasteiger partial charge in [-0.3, -0.25) is 0 Å². The average molecular weight is 421 g/mol. The molecule has 3 nitrogen and oxygen atoms in total. The summed E-state index contributed by atoms with van der Waals surface area (Å²) in [5, 5.41) is 2.64. The fourth-order valence-corrected chi connectivity index (χ4v) is 4.11. The third kappa shape index (κ3) is 4.76. The second kappa shape index (κ2) is 8.88. The lowest BCUT2D eigenvalue weighted by atomic mass is 10.0. The molecule has 0 atom stereocenters. The number of carbonyl (C=O) groups is 1. The summed E-state index contributed by atoms with van der Waals surface area (Å²) in [7, 11) is 0. The van der Waals surface area contributed by atoms with Gasteiger partial charge in [-0.25, -0.2) is 13.6 Å². The first-order chi connectivity index (χ1) is 14.9. The first kappa shape index (κ1) is 21.0. The molecule has 0 heterocycles. The minimum Gasteiger partial charge on any atom is -0.317 e. The van der Waals surface area contributed by atoms with Crippen molar-refractivity contribution in [1.82, 2.24) is 4.90 Å². The minimum absolute atomic E-state index is 0.0259. The quantitative estimate of drug-likeness (QED) is 0.517. The van der Waals surface area contributed by atoms with Crippen LogP contribution in [0.3, 0.4) is 0 Å². The molecule has 5 heteroatoms. The molecule has 1 N–H and O–H groups in total. The van der Waals surface area contributed by atoms with Gasteiger partial charge in [-0.2, -0.15) is 0 Å². The van der Waals surface area contributed by atoms with Crippen LogP contribution in [0.1, 0.15) is 42.0 Å². The highest BCUT2D eigenvalue weighted by atomic mass is 19.1. The van der Waals surface area contributed by atoms with E-state index in [0.717, 1.165) is 30.5 Å². The lowest BCUT2D eigenvalue weighted by Crippen LogP contribution is -2.43. The van der Waals surface area contributed by atoms with E-state index in [4.69, 9.17) is 0 Å². The molecule has 160 valence electrons. The molecule has 0 fully saturated rings. The fraction of sp³-hybridized carbons (Fsp3) is 0.269. The lowest BCUT2D eigenvalue weighted by molar-refractivity contribution is 0.185. The summed E-state index contributed by atoms with van der Waals surface area (Å²) >= 11 is 0. The number of halogens is 2. The number of nitrogens with one attached hydrogen (secondary N) is 1. The molecule has 2 amide bonds. The van der Waals surface area contributed by atoms with Crippen molar-refractivity contribution in [3.05, 3.63) is 101 Å². The second-order valence-corrected chi connectivity index (χ2v) is 8.41. The number of hydrogen-bond donors (Lipinski definition) is 1. The van der Waals surface area contributed by atoms with Gasteiger partial charge in [0, 0.05) is 18.7 Å². The van der Waals surface area contributed by atoms with E-state index in [2.05, 4.69) is 43.4 Å². The van der Waals surface area contributed by atoms with Gasteiger partial charge in [0.1, 0.15) is 11.6 Å². The Labute approximate surface area is 181 Å². The van der Waals surface area contributed by atoms with Crippen LogP contribution in [0.4, 0.5) is 19.3 Å². The van der Waals surface area contributed by atoms with Crippen LogP contribution in [0.2, 0.25) is 0 Å². The molecule has 3 aromatic carbocycles. The molecule has 0 unspecified atom stereocenters. The van der Waals surface area contributed by atoms with Crippen LogP contribution in [0.25, 0.3) is 0 Å². The van der Waals surface area contributed by atoms with Crippen LogP contribution >= 0.6 is 0 Å². The summed E-state index contributed by atoms with van der Waals surface area (Å²) in [6, 6.07) is 19.2. The number of benzene rings is 3. The molecule has 0 aliphatic heterocycles. The summed E-state index contributed by atoms with van der Waals surface area (Å²) in [5.41, 5.74) is 4.68. The number of fused-ring (bicyclic) bond motifs is 1. The molecule has 31 heavy (non-hydrogen) atoms. The second-order valence-electron chi connectivity index (χ2n) is 8.41. The molecule has 0 radical (unpaired) electrons. The number of anilines is 1. The van der Waals surface area contributed by atoms with Crippen LogP contribution in [0, 0.1) is 11.6 Å². The zero-order chi connectivity index (χ0) is 22.0. The molecular weight excluding hydrogens is 394 g/mol. The van der Waals surface area contributed by atoms with Gasteiger partial charge in [-0.1, -0.05) is 62.4 Å².